The zero-order valence-electron chi connectivity index (χ0n) is 27.4. The molecule has 2 aliphatic heterocycles. The highest BCUT2D eigenvalue weighted by Crippen LogP contribution is 2.45. The van der Waals surface area contributed by atoms with Gasteiger partial charge in [-0.25, -0.2) is 0 Å². The van der Waals surface area contributed by atoms with E-state index in [0.717, 1.165) is 40.8 Å². The van der Waals surface area contributed by atoms with Gasteiger partial charge in [0.05, 0.1) is 40.1 Å². The molecular weight excluding hydrogens is 608 g/mol. The number of rotatable bonds is 17. The summed E-state index contributed by atoms with van der Waals surface area (Å²) in [6, 6.07) is 37.6. The fraction of sp³-hybridized carbons (Fsp3) is 0.350. The van der Waals surface area contributed by atoms with Crippen molar-refractivity contribution < 1.29 is 37.9 Å². The van der Waals surface area contributed by atoms with Crippen molar-refractivity contribution in [1.29, 1.82) is 0 Å². The van der Waals surface area contributed by atoms with Gasteiger partial charge in [-0.05, 0) is 41.7 Å². The summed E-state index contributed by atoms with van der Waals surface area (Å²) in [5, 5.41) is 0. The zero-order chi connectivity index (χ0) is 33.0. The second kappa shape index (κ2) is 17.0. The van der Waals surface area contributed by atoms with Crippen LogP contribution in [0.3, 0.4) is 0 Å². The van der Waals surface area contributed by atoms with Crippen molar-refractivity contribution >= 4 is 0 Å². The van der Waals surface area contributed by atoms with Gasteiger partial charge in [0.15, 0.2) is 6.29 Å². The fourth-order valence-electron chi connectivity index (χ4n) is 5.90. The molecule has 4 aromatic carbocycles. The highest BCUT2D eigenvalue weighted by atomic mass is 16.9. The highest BCUT2D eigenvalue weighted by Gasteiger charge is 2.60. The van der Waals surface area contributed by atoms with Gasteiger partial charge in [-0.2, -0.15) is 0 Å². The molecule has 2 heterocycles. The van der Waals surface area contributed by atoms with Crippen molar-refractivity contribution in [3.05, 3.63) is 150 Å². The second-order valence-electron chi connectivity index (χ2n) is 11.8. The molecule has 0 aromatic heterocycles. The van der Waals surface area contributed by atoms with Crippen molar-refractivity contribution in [2.24, 2.45) is 0 Å². The van der Waals surface area contributed by atoms with E-state index < -0.39 is 36.7 Å². The minimum Gasteiger partial charge on any atom is -0.497 e. The Morgan fingerprint density at radius 2 is 1.31 bits per heavy atom. The number of ether oxygens (including phenoxy) is 8. The molecule has 0 amide bonds. The smallest absolute Gasteiger partial charge is 0.314 e. The standard InChI is InChI=1S/C40H44O8/c1-3-4-14-25-45-40(33-19-12-7-13-20-33)47-38-37(44-27-31-17-10-6-11-18-31)36(43-28-32-21-23-34(41-2)24-22-32)35(46-39(38)48-40)29-42-26-30-15-8-5-9-16-30/h3,5-13,15-24,35-39H,1,4,14,25-29H2,2H3/t35-,36-,37+,38+,39+,40?/m1/s1. The first kappa shape index (κ1) is 34.0. The Morgan fingerprint density at radius 1 is 0.708 bits per heavy atom. The van der Waals surface area contributed by atoms with Crippen LogP contribution in [0.5, 0.6) is 5.75 Å². The highest BCUT2D eigenvalue weighted by molar-refractivity contribution is 5.27. The number of benzene rings is 4. The molecule has 0 radical (unpaired) electrons. The molecule has 0 saturated carbocycles. The van der Waals surface area contributed by atoms with Crippen molar-refractivity contribution in [1.82, 2.24) is 0 Å². The normalized spacial score (nSPS) is 25.0. The molecule has 252 valence electrons. The summed E-state index contributed by atoms with van der Waals surface area (Å²) in [4.78, 5) is 0. The van der Waals surface area contributed by atoms with Crippen molar-refractivity contribution in [3.63, 3.8) is 0 Å². The van der Waals surface area contributed by atoms with Gasteiger partial charge >= 0.3 is 5.97 Å². The van der Waals surface area contributed by atoms with Crippen LogP contribution in [0.25, 0.3) is 0 Å². The number of allylic oxidation sites excluding steroid dienone is 1. The van der Waals surface area contributed by atoms with E-state index in [9.17, 15) is 0 Å². The SMILES string of the molecule is C=CCCCOC1(c2ccccc2)O[C@@H]2O[C@H](COCc3ccccc3)[C@@H](OCc3ccc(OC)cc3)[C@H](OCc3ccccc3)[C@@H]2O1. The van der Waals surface area contributed by atoms with Crippen molar-refractivity contribution in [2.45, 2.75) is 69.3 Å². The third-order valence-corrected chi connectivity index (χ3v) is 8.41. The van der Waals surface area contributed by atoms with Gasteiger partial charge in [0.25, 0.3) is 0 Å². The molecule has 0 spiro atoms. The Labute approximate surface area is 283 Å². The van der Waals surface area contributed by atoms with E-state index in [1.165, 1.54) is 0 Å². The third kappa shape index (κ3) is 8.59. The van der Waals surface area contributed by atoms with Gasteiger partial charge in [0, 0.05) is 5.56 Å². The maximum absolute atomic E-state index is 6.80. The number of unbranched alkanes of at least 4 members (excludes halogenated alkanes) is 1. The first-order chi connectivity index (χ1) is 23.7. The summed E-state index contributed by atoms with van der Waals surface area (Å²) in [5.74, 6) is -0.715. The molecular formula is C40H44O8. The number of hydrogen-bond donors (Lipinski definition) is 0. The maximum Gasteiger partial charge on any atom is 0.314 e. The Morgan fingerprint density at radius 3 is 1.96 bits per heavy atom. The van der Waals surface area contributed by atoms with E-state index in [-0.39, 0.29) is 6.61 Å². The van der Waals surface area contributed by atoms with E-state index >= 15 is 0 Å². The summed E-state index contributed by atoms with van der Waals surface area (Å²) in [5.41, 5.74) is 3.81. The molecule has 2 fully saturated rings. The summed E-state index contributed by atoms with van der Waals surface area (Å²) in [6.07, 6.45) is 0.271. The van der Waals surface area contributed by atoms with Gasteiger partial charge < -0.3 is 33.2 Å². The Kier molecular flexibility index (Phi) is 12.0. The van der Waals surface area contributed by atoms with Crippen molar-refractivity contribution in [3.8, 4) is 5.75 Å². The monoisotopic (exact) mass is 652 g/mol. The van der Waals surface area contributed by atoms with Gasteiger partial charge in [-0.3, -0.25) is 4.74 Å². The third-order valence-electron chi connectivity index (χ3n) is 8.41. The molecule has 8 nitrogen and oxygen atoms in total. The van der Waals surface area contributed by atoms with E-state index in [1.807, 2.05) is 121 Å². The van der Waals surface area contributed by atoms with Crippen LogP contribution < -0.4 is 4.74 Å². The van der Waals surface area contributed by atoms with Gasteiger partial charge in [0.1, 0.15) is 30.2 Å². The van der Waals surface area contributed by atoms with E-state index in [2.05, 4.69) is 6.58 Å². The lowest BCUT2D eigenvalue weighted by Crippen LogP contribution is -2.59. The average Bonchev–Trinajstić information content (AvgIpc) is 3.52. The lowest BCUT2D eigenvalue weighted by atomic mass is 9.98. The quantitative estimate of drug-likeness (QED) is 0.0869. The molecule has 48 heavy (non-hydrogen) atoms. The molecule has 2 aliphatic rings. The maximum atomic E-state index is 6.80. The summed E-state index contributed by atoms with van der Waals surface area (Å²) in [7, 11) is 1.65. The van der Waals surface area contributed by atoms with E-state index in [4.69, 9.17) is 37.9 Å². The first-order valence-corrected chi connectivity index (χ1v) is 16.5. The lowest BCUT2D eigenvalue weighted by Gasteiger charge is -2.42. The summed E-state index contributed by atoms with van der Waals surface area (Å²) in [6.45, 7) is 5.58. The Hall–Kier alpha value is -3.86. The molecule has 4 aromatic rings. The average molecular weight is 653 g/mol. The van der Waals surface area contributed by atoms with Crippen LogP contribution in [-0.2, 0) is 59.0 Å². The predicted octanol–water partition coefficient (Wildman–Crippen LogP) is 7.32. The van der Waals surface area contributed by atoms with Gasteiger partial charge in [-0.15, -0.1) is 6.58 Å². The topological polar surface area (TPSA) is 73.8 Å². The van der Waals surface area contributed by atoms with Crippen LogP contribution in [0.15, 0.2) is 128 Å². The molecule has 6 rings (SSSR count). The van der Waals surface area contributed by atoms with E-state index in [0.29, 0.717) is 26.4 Å². The molecule has 2 saturated heterocycles. The minimum atomic E-state index is -1.49. The largest absolute Gasteiger partial charge is 0.497 e. The van der Waals surface area contributed by atoms with Crippen LogP contribution in [0, 0.1) is 0 Å². The van der Waals surface area contributed by atoms with Crippen molar-refractivity contribution in [2.75, 3.05) is 20.3 Å². The van der Waals surface area contributed by atoms with Crippen LogP contribution in [0.2, 0.25) is 0 Å². The first-order valence-electron chi connectivity index (χ1n) is 16.5. The molecule has 0 N–H and O–H groups in total. The number of hydrogen-bond acceptors (Lipinski definition) is 8. The van der Waals surface area contributed by atoms with Gasteiger partial charge in [0.2, 0.25) is 0 Å². The molecule has 1 unspecified atom stereocenters. The lowest BCUT2D eigenvalue weighted by molar-refractivity contribution is -0.367. The van der Waals surface area contributed by atoms with Crippen LogP contribution in [-0.4, -0.2) is 51.0 Å². The summed E-state index contributed by atoms with van der Waals surface area (Å²) >= 11 is 0. The number of fused-ring (bicyclic) bond motifs is 1. The molecule has 0 bridgehead atoms. The molecule has 8 heteroatoms. The second-order valence-corrected chi connectivity index (χ2v) is 11.8. The van der Waals surface area contributed by atoms with E-state index in [1.54, 1.807) is 7.11 Å². The fourth-order valence-corrected chi connectivity index (χ4v) is 5.90. The Bertz CT molecular complexity index is 1520. The molecule has 6 atom stereocenters. The number of methoxy groups -OCH3 is 1. The van der Waals surface area contributed by atoms with Crippen LogP contribution in [0.1, 0.15) is 35.1 Å². The summed E-state index contributed by atoms with van der Waals surface area (Å²) < 4.78 is 51.6. The Balaban J connectivity index is 1.30. The molecule has 0 aliphatic carbocycles. The zero-order valence-corrected chi connectivity index (χ0v) is 27.4. The minimum absolute atomic E-state index is 0.248. The van der Waals surface area contributed by atoms with Gasteiger partial charge in [-0.1, -0.05) is 109 Å². The predicted molar refractivity (Wildman–Crippen MR) is 181 cm³/mol. The van der Waals surface area contributed by atoms with Crippen LogP contribution in [0.4, 0.5) is 0 Å². The van der Waals surface area contributed by atoms with Crippen LogP contribution >= 0.6 is 0 Å².